The molecule has 0 rings (SSSR count). The number of halogens is 1. The molecule has 5 heavy (non-hydrogen) atoms. The van der Waals surface area contributed by atoms with Crippen molar-refractivity contribution in [2.45, 2.75) is 0 Å². The van der Waals surface area contributed by atoms with Crippen LogP contribution < -0.4 is 0 Å². The molecule has 30 valence electrons. The van der Waals surface area contributed by atoms with Crippen LogP contribution >= 0.6 is 15.9 Å². The van der Waals surface area contributed by atoms with E-state index in [0.717, 1.165) is 0 Å². The first-order valence-corrected chi connectivity index (χ1v) is 2.32. The number of aliphatic hydroxyl groups excluding tert-OH is 1. The summed E-state index contributed by atoms with van der Waals surface area (Å²) in [4.78, 5) is 0. The van der Waals surface area contributed by atoms with Crippen molar-refractivity contribution in [2.24, 2.45) is 0 Å². The van der Waals surface area contributed by atoms with Crippen molar-refractivity contribution in [3.05, 3.63) is 12.3 Å². The molecule has 0 fully saturated rings. The lowest BCUT2D eigenvalue weighted by Gasteiger charge is -1.78. The van der Waals surface area contributed by atoms with Gasteiger partial charge in [0.2, 0.25) is 0 Å². The lowest BCUT2D eigenvalue weighted by atomic mass is 10.7. The molecule has 0 aliphatic rings. The second kappa shape index (κ2) is 2.27. The van der Waals surface area contributed by atoms with Crippen molar-refractivity contribution >= 4 is 15.9 Å². The fourth-order valence-electron chi connectivity index (χ4n) is 0. The van der Waals surface area contributed by atoms with Crippen molar-refractivity contribution in [2.75, 3.05) is 5.33 Å². The van der Waals surface area contributed by atoms with Crippen molar-refractivity contribution in [1.82, 2.24) is 0 Å². The summed E-state index contributed by atoms with van der Waals surface area (Å²) in [6, 6.07) is 0. The van der Waals surface area contributed by atoms with Crippen LogP contribution in [0.5, 0.6) is 0 Å². The molecule has 0 unspecified atom stereocenters. The minimum Gasteiger partial charge on any atom is -0.512 e. The quantitative estimate of drug-likeness (QED) is 0.428. The van der Waals surface area contributed by atoms with E-state index in [-0.39, 0.29) is 5.76 Å². The van der Waals surface area contributed by atoms with Crippen molar-refractivity contribution in [1.29, 1.82) is 0 Å². The first kappa shape index (κ1) is 5.02. The number of alkyl halides is 1. The molecule has 0 amide bonds. The third-order valence-electron chi connectivity index (χ3n) is 0.154. The van der Waals surface area contributed by atoms with E-state index in [2.05, 4.69) is 22.5 Å². The van der Waals surface area contributed by atoms with E-state index < -0.39 is 0 Å². The smallest absolute Gasteiger partial charge is 0.0956 e. The number of hydrogen-bond acceptors (Lipinski definition) is 1. The zero-order chi connectivity index (χ0) is 4.28. The van der Waals surface area contributed by atoms with Crippen molar-refractivity contribution < 1.29 is 5.11 Å². The summed E-state index contributed by atoms with van der Waals surface area (Å²) in [5, 5.41) is 8.60. The Hall–Kier alpha value is 0.0200. The second-order valence-electron chi connectivity index (χ2n) is 0.700. The predicted molar refractivity (Wildman–Crippen MR) is 25.6 cm³/mol. The van der Waals surface area contributed by atoms with E-state index >= 15 is 0 Å². The van der Waals surface area contributed by atoms with Gasteiger partial charge in [-0.25, -0.2) is 0 Å². The average molecular weight is 137 g/mol. The summed E-state index contributed by atoms with van der Waals surface area (Å²) in [5.74, 6) is 0.171. The monoisotopic (exact) mass is 136 g/mol. The lowest BCUT2D eigenvalue weighted by molar-refractivity contribution is 0.421. The van der Waals surface area contributed by atoms with E-state index in [1.54, 1.807) is 0 Å². The summed E-state index contributed by atoms with van der Waals surface area (Å²) >= 11 is 2.96. The Morgan fingerprint density at radius 1 is 2.00 bits per heavy atom. The molecule has 0 bridgehead atoms. The van der Waals surface area contributed by atoms with Gasteiger partial charge in [-0.3, -0.25) is 0 Å². The average Bonchev–Trinajstić information content (AvgIpc) is 1.38. The minimum atomic E-state index is 0.171. The van der Waals surface area contributed by atoms with Gasteiger partial charge in [0.1, 0.15) is 0 Å². The van der Waals surface area contributed by atoms with Crippen LogP contribution in [0.3, 0.4) is 0 Å². The molecular formula is C3H5BrO. The van der Waals surface area contributed by atoms with E-state index in [4.69, 9.17) is 5.11 Å². The van der Waals surface area contributed by atoms with Gasteiger partial charge in [0.25, 0.3) is 0 Å². The Morgan fingerprint density at radius 3 is 2.20 bits per heavy atom. The normalized spacial score (nSPS) is 7.40. The van der Waals surface area contributed by atoms with Gasteiger partial charge in [-0.05, 0) is 0 Å². The van der Waals surface area contributed by atoms with E-state index in [9.17, 15) is 0 Å². The SMILES string of the molecule is C=C(O)CBr. The van der Waals surface area contributed by atoms with Crippen LogP contribution in [-0.4, -0.2) is 10.4 Å². The molecule has 0 aliphatic heterocycles. The van der Waals surface area contributed by atoms with Crippen molar-refractivity contribution in [3.63, 3.8) is 0 Å². The van der Waals surface area contributed by atoms with Crippen LogP contribution in [0.4, 0.5) is 0 Å². The zero-order valence-electron chi connectivity index (χ0n) is 2.74. The molecule has 0 atom stereocenters. The van der Waals surface area contributed by atoms with Gasteiger partial charge in [0.05, 0.1) is 11.1 Å². The summed E-state index contributed by atoms with van der Waals surface area (Å²) in [6.45, 7) is 3.18. The van der Waals surface area contributed by atoms with Gasteiger partial charge in [0.15, 0.2) is 0 Å². The highest BCUT2D eigenvalue weighted by molar-refractivity contribution is 9.09. The van der Waals surface area contributed by atoms with Crippen LogP contribution in [0.2, 0.25) is 0 Å². The molecule has 0 radical (unpaired) electrons. The molecule has 0 aromatic carbocycles. The first-order valence-electron chi connectivity index (χ1n) is 1.20. The highest BCUT2D eigenvalue weighted by atomic mass is 79.9. The third kappa shape index (κ3) is 4.02. The molecule has 1 nitrogen and oxygen atoms in total. The number of rotatable bonds is 1. The Morgan fingerprint density at radius 2 is 2.20 bits per heavy atom. The fraction of sp³-hybridized carbons (Fsp3) is 0.333. The largest absolute Gasteiger partial charge is 0.512 e. The van der Waals surface area contributed by atoms with Crippen molar-refractivity contribution in [3.8, 4) is 0 Å². The van der Waals surface area contributed by atoms with Gasteiger partial charge < -0.3 is 5.11 Å². The summed E-state index contributed by atoms with van der Waals surface area (Å²) in [7, 11) is 0. The molecule has 1 N–H and O–H groups in total. The van der Waals surface area contributed by atoms with Gasteiger partial charge >= 0.3 is 0 Å². The minimum absolute atomic E-state index is 0.171. The molecule has 0 heterocycles. The Bertz CT molecular complexity index is 42.2. The van der Waals surface area contributed by atoms with Crippen LogP contribution in [0, 0.1) is 0 Å². The summed E-state index contributed by atoms with van der Waals surface area (Å²) in [5.41, 5.74) is 0. The first-order chi connectivity index (χ1) is 2.27. The topological polar surface area (TPSA) is 20.2 Å². The Balaban J connectivity index is 2.85. The molecule has 0 aromatic heterocycles. The maximum Gasteiger partial charge on any atom is 0.0956 e. The van der Waals surface area contributed by atoms with E-state index in [0.29, 0.717) is 5.33 Å². The molecule has 0 spiro atoms. The van der Waals surface area contributed by atoms with Crippen LogP contribution in [0.15, 0.2) is 12.3 Å². The Labute approximate surface area is 39.4 Å². The fourth-order valence-corrected chi connectivity index (χ4v) is 0. The van der Waals surface area contributed by atoms with Gasteiger partial charge in [-0.1, -0.05) is 22.5 Å². The van der Waals surface area contributed by atoms with Crippen LogP contribution in [0.25, 0.3) is 0 Å². The van der Waals surface area contributed by atoms with Crippen LogP contribution in [-0.2, 0) is 0 Å². The maximum absolute atomic E-state index is 8.12. The van der Waals surface area contributed by atoms with Gasteiger partial charge in [-0.2, -0.15) is 0 Å². The summed E-state index contributed by atoms with van der Waals surface area (Å²) < 4.78 is 0. The molecule has 0 aromatic rings. The van der Waals surface area contributed by atoms with E-state index in [1.165, 1.54) is 0 Å². The van der Waals surface area contributed by atoms with Gasteiger partial charge in [-0.15, -0.1) is 0 Å². The molecule has 0 saturated heterocycles. The number of hydrogen-bond donors (Lipinski definition) is 1. The third-order valence-corrected chi connectivity index (χ3v) is 0.802. The Kier molecular flexibility index (Phi) is 2.28. The molecule has 0 saturated carbocycles. The van der Waals surface area contributed by atoms with Crippen LogP contribution in [0.1, 0.15) is 0 Å². The standard InChI is InChI=1S/C3H5BrO/c1-3(5)2-4/h5H,1-2H2. The highest BCUT2D eigenvalue weighted by Gasteiger charge is 1.73. The molecular weight excluding hydrogens is 132 g/mol. The number of aliphatic hydroxyl groups is 1. The van der Waals surface area contributed by atoms with Gasteiger partial charge in [0, 0.05) is 0 Å². The summed E-state index contributed by atoms with van der Waals surface area (Å²) in [6.07, 6.45) is 0. The highest BCUT2D eigenvalue weighted by Crippen LogP contribution is 1.86. The van der Waals surface area contributed by atoms with E-state index in [1.807, 2.05) is 0 Å². The number of allylic oxidation sites excluding steroid dienone is 1. The molecule has 2 heteroatoms. The molecule has 0 aliphatic carbocycles. The second-order valence-corrected chi connectivity index (χ2v) is 1.26. The predicted octanol–water partition coefficient (Wildman–Crippen LogP) is 1.45. The lowest BCUT2D eigenvalue weighted by Crippen LogP contribution is -1.71. The maximum atomic E-state index is 8.12. The zero-order valence-corrected chi connectivity index (χ0v) is 4.33.